The predicted octanol–water partition coefficient (Wildman–Crippen LogP) is 2.45. The third-order valence-electron chi connectivity index (χ3n) is 2.76. The lowest BCUT2D eigenvalue weighted by Gasteiger charge is -2.21. The van der Waals surface area contributed by atoms with Crippen LogP contribution in [-0.2, 0) is 9.53 Å². The molecule has 0 aliphatic rings. The fraction of sp³-hybridized carbons (Fsp3) is 0.438. The Morgan fingerprint density at radius 3 is 2.58 bits per heavy atom. The molecule has 24 heavy (non-hydrogen) atoms. The first kappa shape index (κ1) is 18.0. The minimum absolute atomic E-state index is 0.0990. The number of hydrogen-bond acceptors (Lipinski definition) is 7. The van der Waals surface area contributed by atoms with Crippen molar-refractivity contribution in [3.63, 3.8) is 0 Å². The molecule has 1 amide bonds. The van der Waals surface area contributed by atoms with Crippen LogP contribution < -0.4 is 5.32 Å². The molecule has 7 nitrogen and oxygen atoms in total. The van der Waals surface area contributed by atoms with Crippen LogP contribution in [-0.4, -0.2) is 38.5 Å². The van der Waals surface area contributed by atoms with Gasteiger partial charge in [-0.3, -0.25) is 9.59 Å². The summed E-state index contributed by atoms with van der Waals surface area (Å²) in [5, 5.41) is 4.95. The van der Waals surface area contributed by atoms with Crippen molar-refractivity contribution >= 4 is 23.2 Å². The van der Waals surface area contributed by atoms with Crippen LogP contribution in [0.4, 0.5) is 0 Å². The molecule has 0 spiro atoms. The Bertz CT molecular complexity index is 710. The molecule has 2 rings (SSSR count). The number of hydrogen-bond donors (Lipinski definition) is 1. The molecule has 0 aliphatic heterocycles. The Hall–Kier alpha value is -2.35. The van der Waals surface area contributed by atoms with Crippen molar-refractivity contribution in [1.29, 1.82) is 0 Å². The van der Waals surface area contributed by atoms with E-state index in [4.69, 9.17) is 4.74 Å². The molecule has 0 aromatic carbocycles. The third-order valence-corrected chi connectivity index (χ3v) is 3.60. The zero-order valence-electron chi connectivity index (χ0n) is 14.1. The number of amides is 1. The summed E-state index contributed by atoms with van der Waals surface area (Å²) in [6, 6.07) is 1.36. The third kappa shape index (κ3) is 5.38. The molecule has 2 aromatic heterocycles. The van der Waals surface area contributed by atoms with Gasteiger partial charge in [0.15, 0.2) is 10.8 Å². The van der Waals surface area contributed by atoms with Gasteiger partial charge in [-0.15, -0.1) is 11.3 Å². The average Bonchev–Trinajstić information content (AvgIpc) is 2.95. The van der Waals surface area contributed by atoms with Gasteiger partial charge in [0.25, 0.3) is 5.91 Å². The van der Waals surface area contributed by atoms with E-state index in [1.54, 1.807) is 51.5 Å². The molecule has 2 heterocycles. The molecule has 0 radical (unpaired) electrons. The van der Waals surface area contributed by atoms with Gasteiger partial charge in [-0.2, -0.15) is 0 Å². The van der Waals surface area contributed by atoms with Crippen LogP contribution in [0.25, 0.3) is 10.8 Å². The molecule has 0 fully saturated rings. The summed E-state index contributed by atoms with van der Waals surface area (Å²) in [4.78, 5) is 36.4. The Kier molecular flexibility index (Phi) is 5.61. The van der Waals surface area contributed by atoms with Crippen LogP contribution in [0.5, 0.6) is 0 Å². The second-order valence-corrected chi connectivity index (χ2v) is 7.13. The zero-order chi connectivity index (χ0) is 17.7. The normalized spacial score (nSPS) is 12.5. The van der Waals surface area contributed by atoms with Gasteiger partial charge in [0.2, 0.25) is 0 Å². The van der Waals surface area contributed by atoms with Crippen LogP contribution in [0.2, 0.25) is 0 Å². The quantitative estimate of drug-likeness (QED) is 0.834. The Balaban J connectivity index is 1.93. The van der Waals surface area contributed by atoms with Gasteiger partial charge in [0, 0.05) is 23.8 Å². The second-order valence-electron chi connectivity index (χ2n) is 6.28. The molecular weight excluding hydrogens is 328 g/mol. The Morgan fingerprint density at radius 1 is 1.29 bits per heavy atom. The lowest BCUT2D eigenvalue weighted by Crippen LogP contribution is -2.36. The molecule has 8 heteroatoms. The summed E-state index contributed by atoms with van der Waals surface area (Å²) in [7, 11) is 0. The number of carbonyl (C=O) groups is 2. The first-order chi connectivity index (χ1) is 11.2. The SMILES string of the molecule is C[C@@H](CC(=O)OC(C)(C)C)NC(=O)c1csc(-c2ncccn2)n1. The molecule has 0 unspecified atom stereocenters. The lowest BCUT2D eigenvalue weighted by atomic mass is 10.2. The van der Waals surface area contributed by atoms with E-state index in [-0.39, 0.29) is 30.0 Å². The van der Waals surface area contributed by atoms with E-state index >= 15 is 0 Å². The van der Waals surface area contributed by atoms with Gasteiger partial charge in [-0.05, 0) is 33.8 Å². The summed E-state index contributed by atoms with van der Waals surface area (Å²) in [6.45, 7) is 7.15. The molecule has 2 aromatic rings. The smallest absolute Gasteiger partial charge is 0.308 e. The van der Waals surface area contributed by atoms with Crippen molar-refractivity contribution in [3.8, 4) is 10.8 Å². The summed E-state index contributed by atoms with van der Waals surface area (Å²) in [5.74, 6) is -0.222. The minimum atomic E-state index is -0.541. The van der Waals surface area contributed by atoms with Crippen LogP contribution in [0.3, 0.4) is 0 Å². The van der Waals surface area contributed by atoms with Crippen molar-refractivity contribution in [1.82, 2.24) is 20.3 Å². The van der Waals surface area contributed by atoms with Crippen LogP contribution >= 0.6 is 11.3 Å². The number of rotatable bonds is 5. The summed E-state index contributed by atoms with van der Waals surface area (Å²) < 4.78 is 5.24. The van der Waals surface area contributed by atoms with Gasteiger partial charge in [0.1, 0.15) is 11.3 Å². The van der Waals surface area contributed by atoms with Gasteiger partial charge in [-0.25, -0.2) is 15.0 Å². The minimum Gasteiger partial charge on any atom is -0.460 e. The standard InChI is InChI=1S/C16H20N4O3S/c1-10(8-12(21)23-16(2,3)4)19-14(22)11-9-24-15(20-11)13-17-6-5-7-18-13/h5-7,9-10H,8H2,1-4H3,(H,19,22)/t10-/m0/s1. The van der Waals surface area contributed by atoms with Crippen molar-refractivity contribution < 1.29 is 14.3 Å². The highest BCUT2D eigenvalue weighted by Crippen LogP contribution is 2.19. The van der Waals surface area contributed by atoms with E-state index in [0.717, 1.165) is 0 Å². The Labute approximate surface area is 144 Å². The van der Waals surface area contributed by atoms with Gasteiger partial charge < -0.3 is 10.1 Å². The van der Waals surface area contributed by atoms with Crippen molar-refractivity contribution in [3.05, 3.63) is 29.5 Å². The summed E-state index contributed by atoms with van der Waals surface area (Å²) >= 11 is 1.29. The van der Waals surface area contributed by atoms with Crippen molar-refractivity contribution in [2.24, 2.45) is 0 Å². The maximum Gasteiger partial charge on any atom is 0.308 e. The van der Waals surface area contributed by atoms with E-state index in [1.165, 1.54) is 11.3 Å². The highest BCUT2D eigenvalue weighted by Gasteiger charge is 2.20. The van der Waals surface area contributed by atoms with E-state index < -0.39 is 5.60 Å². The molecule has 1 N–H and O–H groups in total. The first-order valence-electron chi connectivity index (χ1n) is 7.50. The molecular formula is C16H20N4O3S. The van der Waals surface area contributed by atoms with Crippen LogP contribution in [0.1, 0.15) is 44.6 Å². The molecule has 1 atom stereocenters. The topological polar surface area (TPSA) is 94.1 Å². The number of esters is 1. The maximum atomic E-state index is 12.2. The molecule has 0 saturated heterocycles. The fourth-order valence-electron chi connectivity index (χ4n) is 1.87. The van der Waals surface area contributed by atoms with E-state index in [2.05, 4.69) is 20.3 Å². The predicted molar refractivity (Wildman–Crippen MR) is 90.5 cm³/mol. The molecule has 128 valence electrons. The molecule has 0 bridgehead atoms. The van der Waals surface area contributed by atoms with E-state index in [0.29, 0.717) is 10.8 Å². The van der Waals surface area contributed by atoms with Crippen molar-refractivity contribution in [2.45, 2.75) is 45.8 Å². The number of nitrogens with zero attached hydrogens (tertiary/aromatic N) is 3. The largest absolute Gasteiger partial charge is 0.460 e. The number of thiazole rings is 1. The fourth-order valence-corrected chi connectivity index (χ4v) is 2.62. The van der Waals surface area contributed by atoms with Crippen LogP contribution in [0, 0.1) is 0 Å². The average molecular weight is 348 g/mol. The molecule has 0 aliphatic carbocycles. The number of aromatic nitrogens is 3. The lowest BCUT2D eigenvalue weighted by molar-refractivity contribution is -0.155. The first-order valence-corrected chi connectivity index (χ1v) is 8.38. The van der Waals surface area contributed by atoms with Crippen LogP contribution in [0.15, 0.2) is 23.8 Å². The van der Waals surface area contributed by atoms with Gasteiger partial charge >= 0.3 is 5.97 Å². The van der Waals surface area contributed by atoms with E-state index in [9.17, 15) is 9.59 Å². The Morgan fingerprint density at radius 2 is 1.96 bits per heavy atom. The van der Waals surface area contributed by atoms with Gasteiger partial charge in [-0.1, -0.05) is 0 Å². The van der Waals surface area contributed by atoms with E-state index in [1.807, 2.05) is 0 Å². The number of nitrogens with one attached hydrogen (secondary N) is 1. The maximum absolute atomic E-state index is 12.2. The number of carbonyl (C=O) groups excluding carboxylic acids is 2. The summed E-state index contributed by atoms with van der Waals surface area (Å²) in [6.07, 6.45) is 3.33. The zero-order valence-corrected chi connectivity index (χ0v) is 14.9. The van der Waals surface area contributed by atoms with Gasteiger partial charge in [0.05, 0.1) is 6.42 Å². The molecule has 0 saturated carbocycles. The number of ether oxygens (including phenoxy) is 1. The monoisotopic (exact) mass is 348 g/mol. The van der Waals surface area contributed by atoms with Crippen molar-refractivity contribution in [2.75, 3.05) is 0 Å². The highest BCUT2D eigenvalue weighted by molar-refractivity contribution is 7.13. The summed E-state index contributed by atoms with van der Waals surface area (Å²) in [5.41, 5.74) is -0.265. The second kappa shape index (κ2) is 7.48. The highest BCUT2D eigenvalue weighted by atomic mass is 32.1.